The Bertz CT molecular complexity index is 594. The normalized spacial score (nSPS) is 20.5. The largest absolute Gasteiger partial charge is 0.469 e. The lowest BCUT2D eigenvalue weighted by Gasteiger charge is -2.22. The zero-order valence-electron chi connectivity index (χ0n) is 19.0. The number of likely N-dealkylation sites (tertiary alicyclic amines) is 1. The van der Waals surface area contributed by atoms with Gasteiger partial charge in [-0.1, -0.05) is 6.92 Å². The average molecular weight is 549 g/mol. The van der Waals surface area contributed by atoms with Crippen molar-refractivity contribution in [1.82, 2.24) is 15.5 Å². The maximum absolute atomic E-state index is 5.88. The highest BCUT2D eigenvalue weighted by atomic mass is 127. The predicted molar refractivity (Wildman–Crippen MR) is 135 cm³/mol. The summed E-state index contributed by atoms with van der Waals surface area (Å²) in [6.45, 7) is 10.5. The van der Waals surface area contributed by atoms with Gasteiger partial charge in [0.15, 0.2) is 5.96 Å². The van der Waals surface area contributed by atoms with Crippen LogP contribution in [-0.4, -0.2) is 76.1 Å². The van der Waals surface area contributed by atoms with Gasteiger partial charge in [0.2, 0.25) is 0 Å². The lowest BCUT2D eigenvalue weighted by Crippen LogP contribution is -2.40. The van der Waals surface area contributed by atoms with Gasteiger partial charge in [0, 0.05) is 52.0 Å². The number of ether oxygens (including phenoxy) is 2. The van der Waals surface area contributed by atoms with Crippen molar-refractivity contribution in [3.63, 3.8) is 0 Å². The van der Waals surface area contributed by atoms with E-state index < -0.39 is 0 Å². The summed E-state index contributed by atoms with van der Waals surface area (Å²) in [4.78, 5) is 7.42. The van der Waals surface area contributed by atoms with Gasteiger partial charge in [-0.2, -0.15) is 0 Å². The van der Waals surface area contributed by atoms with Gasteiger partial charge in [0.25, 0.3) is 0 Å². The van der Waals surface area contributed by atoms with Crippen molar-refractivity contribution in [3.05, 3.63) is 24.2 Å². The van der Waals surface area contributed by atoms with Crippen molar-refractivity contribution in [2.45, 2.75) is 51.5 Å². The maximum Gasteiger partial charge on any atom is 0.191 e. The lowest BCUT2D eigenvalue weighted by molar-refractivity contribution is 0.0203. The molecule has 3 rings (SSSR count). The number of nitrogens with zero attached hydrogens (tertiary/aromatic N) is 2. The minimum atomic E-state index is 0. The predicted octanol–water partition coefficient (Wildman–Crippen LogP) is 3.29. The second-order valence-corrected chi connectivity index (χ2v) is 8.28. The van der Waals surface area contributed by atoms with Gasteiger partial charge < -0.3 is 24.5 Å². The first-order valence-corrected chi connectivity index (χ1v) is 11.8. The molecule has 7 nitrogen and oxygen atoms in total. The molecule has 8 heteroatoms. The van der Waals surface area contributed by atoms with Gasteiger partial charge in [0.1, 0.15) is 5.76 Å². The van der Waals surface area contributed by atoms with Crippen LogP contribution in [0.5, 0.6) is 0 Å². The summed E-state index contributed by atoms with van der Waals surface area (Å²) >= 11 is 0. The summed E-state index contributed by atoms with van der Waals surface area (Å²) in [6.07, 6.45) is 8.35. The highest BCUT2D eigenvalue weighted by molar-refractivity contribution is 14.0. The highest BCUT2D eigenvalue weighted by Gasteiger charge is 2.22. The third kappa shape index (κ3) is 10.1. The first kappa shape index (κ1) is 26.4. The van der Waals surface area contributed by atoms with Gasteiger partial charge in [-0.05, 0) is 63.2 Å². The summed E-state index contributed by atoms with van der Waals surface area (Å²) in [5.74, 6) is 2.56. The minimum absolute atomic E-state index is 0. The minimum Gasteiger partial charge on any atom is -0.469 e. The lowest BCUT2D eigenvalue weighted by atomic mass is 10.0. The van der Waals surface area contributed by atoms with E-state index in [1.54, 1.807) is 6.26 Å². The topological polar surface area (TPSA) is 71.3 Å². The molecule has 2 saturated heterocycles. The van der Waals surface area contributed by atoms with E-state index in [-0.39, 0.29) is 24.0 Å². The number of rotatable bonds is 12. The van der Waals surface area contributed by atoms with Crippen LogP contribution in [-0.2, 0) is 15.9 Å². The number of guanidine groups is 1. The summed E-state index contributed by atoms with van der Waals surface area (Å²) in [5.41, 5.74) is 0. The fraction of sp³-hybridized carbons (Fsp3) is 0.783. The van der Waals surface area contributed by atoms with Crippen molar-refractivity contribution in [1.29, 1.82) is 0 Å². The maximum atomic E-state index is 5.88. The molecule has 0 saturated carbocycles. The van der Waals surface area contributed by atoms with Crippen LogP contribution in [0, 0.1) is 5.92 Å². The molecule has 3 heterocycles. The molecule has 0 aliphatic carbocycles. The number of hydrogen-bond acceptors (Lipinski definition) is 5. The zero-order chi connectivity index (χ0) is 20.9. The third-order valence-corrected chi connectivity index (χ3v) is 6.06. The Morgan fingerprint density at radius 3 is 2.84 bits per heavy atom. The van der Waals surface area contributed by atoms with Gasteiger partial charge in [-0.15, -0.1) is 24.0 Å². The molecule has 0 aromatic carbocycles. The standard InChI is InChI=1S/C23H40N4O3.HI/c1-2-27-13-3-6-21(27)18-26-23(25-12-8-22-7-4-15-30-22)24-11-5-14-29-19-20-9-16-28-17-10-20;/h4,7,15,20-21H,2-3,5-6,8-14,16-19H2,1H3,(H2,24,25,26);1H. The van der Waals surface area contributed by atoms with E-state index >= 15 is 0 Å². The molecule has 1 aromatic heterocycles. The number of hydrogen-bond donors (Lipinski definition) is 2. The quantitative estimate of drug-likeness (QED) is 0.181. The Morgan fingerprint density at radius 2 is 2.06 bits per heavy atom. The van der Waals surface area contributed by atoms with Crippen LogP contribution in [0.15, 0.2) is 27.8 Å². The fourth-order valence-corrected chi connectivity index (χ4v) is 4.19. The third-order valence-electron chi connectivity index (χ3n) is 6.06. The summed E-state index contributed by atoms with van der Waals surface area (Å²) in [6, 6.07) is 4.52. The van der Waals surface area contributed by atoms with E-state index in [4.69, 9.17) is 18.9 Å². The highest BCUT2D eigenvalue weighted by Crippen LogP contribution is 2.16. The molecule has 2 aliphatic rings. The number of aliphatic imine (C=N–C) groups is 1. The summed E-state index contributed by atoms with van der Waals surface area (Å²) in [5, 5.41) is 6.95. The molecule has 2 N–H and O–H groups in total. The van der Waals surface area contributed by atoms with Crippen LogP contribution in [0.3, 0.4) is 0 Å². The van der Waals surface area contributed by atoms with Crippen molar-refractivity contribution in [3.8, 4) is 0 Å². The second-order valence-electron chi connectivity index (χ2n) is 8.28. The molecule has 178 valence electrons. The number of nitrogens with one attached hydrogen (secondary N) is 2. The molecule has 1 unspecified atom stereocenters. The molecule has 31 heavy (non-hydrogen) atoms. The van der Waals surface area contributed by atoms with E-state index in [2.05, 4.69) is 22.5 Å². The summed E-state index contributed by atoms with van der Waals surface area (Å²) < 4.78 is 16.7. The van der Waals surface area contributed by atoms with Crippen LogP contribution in [0.1, 0.15) is 44.8 Å². The molecule has 0 amide bonds. The van der Waals surface area contributed by atoms with Crippen molar-refractivity contribution < 1.29 is 13.9 Å². The Kier molecular flexibility index (Phi) is 13.5. The zero-order valence-corrected chi connectivity index (χ0v) is 21.4. The Hall–Kier alpha value is -0.840. The van der Waals surface area contributed by atoms with Gasteiger partial charge in [-0.3, -0.25) is 9.89 Å². The van der Waals surface area contributed by atoms with Crippen LogP contribution < -0.4 is 10.6 Å². The first-order valence-electron chi connectivity index (χ1n) is 11.8. The number of halogens is 1. The van der Waals surface area contributed by atoms with E-state index in [0.717, 1.165) is 90.0 Å². The van der Waals surface area contributed by atoms with E-state index in [9.17, 15) is 0 Å². The Labute approximate surface area is 204 Å². The van der Waals surface area contributed by atoms with Crippen LogP contribution >= 0.6 is 24.0 Å². The fourth-order valence-electron chi connectivity index (χ4n) is 4.19. The molecule has 2 fully saturated rings. The van der Waals surface area contributed by atoms with Gasteiger partial charge >= 0.3 is 0 Å². The average Bonchev–Trinajstić information content (AvgIpc) is 3.46. The van der Waals surface area contributed by atoms with Gasteiger partial charge in [0.05, 0.1) is 12.8 Å². The Morgan fingerprint density at radius 1 is 1.23 bits per heavy atom. The smallest absolute Gasteiger partial charge is 0.191 e. The van der Waals surface area contributed by atoms with Crippen LogP contribution in [0.4, 0.5) is 0 Å². The Balaban J connectivity index is 0.00000341. The van der Waals surface area contributed by atoms with Crippen molar-refractivity contribution in [2.75, 3.05) is 59.2 Å². The number of furan rings is 1. The van der Waals surface area contributed by atoms with Crippen LogP contribution in [0.25, 0.3) is 0 Å². The van der Waals surface area contributed by atoms with Gasteiger partial charge in [-0.25, -0.2) is 0 Å². The molecule has 0 radical (unpaired) electrons. The molecule has 1 atom stereocenters. The SMILES string of the molecule is CCN1CCCC1CN=C(NCCCOCC1CCOCC1)NCCc1ccco1.I. The van der Waals surface area contributed by atoms with E-state index in [1.165, 1.54) is 19.4 Å². The molecular weight excluding hydrogens is 507 g/mol. The molecule has 0 bridgehead atoms. The monoisotopic (exact) mass is 548 g/mol. The van der Waals surface area contributed by atoms with E-state index in [1.807, 2.05) is 12.1 Å². The summed E-state index contributed by atoms with van der Waals surface area (Å²) in [7, 11) is 0. The molecule has 0 spiro atoms. The molecule has 2 aliphatic heterocycles. The van der Waals surface area contributed by atoms with Crippen molar-refractivity contribution in [2.24, 2.45) is 10.9 Å². The van der Waals surface area contributed by atoms with E-state index in [0.29, 0.717) is 12.0 Å². The molecule has 1 aromatic rings. The number of likely N-dealkylation sites (N-methyl/N-ethyl adjacent to an activating group) is 1. The second kappa shape index (κ2) is 15.9. The molecular formula is C23H41IN4O3. The van der Waals surface area contributed by atoms with Crippen molar-refractivity contribution >= 4 is 29.9 Å². The van der Waals surface area contributed by atoms with Crippen LogP contribution in [0.2, 0.25) is 0 Å². The first-order chi connectivity index (χ1) is 14.8.